The molecule has 0 amide bonds. The van der Waals surface area contributed by atoms with Crippen LogP contribution in [0.1, 0.15) is 18.4 Å². The standard InChI is InChI=1S/C12H17N3O/c13-5-9-6-14-4-3-12(9)15-7-10-1-2-11(8-15)16-10/h3-4,6,10-11H,1-2,5,7-8,13H2. The van der Waals surface area contributed by atoms with E-state index in [4.69, 9.17) is 10.5 Å². The molecule has 0 aromatic carbocycles. The van der Waals surface area contributed by atoms with Gasteiger partial charge in [0.05, 0.1) is 12.2 Å². The summed E-state index contributed by atoms with van der Waals surface area (Å²) in [5.41, 5.74) is 8.11. The first kappa shape index (κ1) is 10.1. The van der Waals surface area contributed by atoms with E-state index < -0.39 is 0 Å². The van der Waals surface area contributed by atoms with Gasteiger partial charge in [0.2, 0.25) is 0 Å². The minimum absolute atomic E-state index is 0.414. The Morgan fingerprint density at radius 1 is 1.38 bits per heavy atom. The maximum Gasteiger partial charge on any atom is 0.0755 e. The van der Waals surface area contributed by atoms with Gasteiger partial charge in [-0.25, -0.2) is 0 Å². The summed E-state index contributed by atoms with van der Waals surface area (Å²) in [6.45, 7) is 2.54. The van der Waals surface area contributed by atoms with Crippen LogP contribution in [0.4, 0.5) is 5.69 Å². The molecule has 0 radical (unpaired) electrons. The lowest BCUT2D eigenvalue weighted by Crippen LogP contribution is -2.43. The van der Waals surface area contributed by atoms with Crippen molar-refractivity contribution in [2.75, 3.05) is 18.0 Å². The molecule has 4 heteroatoms. The van der Waals surface area contributed by atoms with E-state index in [1.165, 1.54) is 18.5 Å². The molecule has 0 saturated carbocycles. The van der Waals surface area contributed by atoms with Gasteiger partial charge in [-0.2, -0.15) is 0 Å². The zero-order valence-electron chi connectivity index (χ0n) is 9.30. The molecule has 2 atom stereocenters. The Hall–Kier alpha value is -1.13. The molecule has 2 unspecified atom stereocenters. The van der Waals surface area contributed by atoms with Gasteiger partial charge >= 0.3 is 0 Å². The van der Waals surface area contributed by atoms with Gasteiger partial charge in [-0.1, -0.05) is 0 Å². The van der Waals surface area contributed by atoms with E-state index in [1.54, 1.807) is 0 Å². The van der Waals surface area contributed by atoms with E-state index in [1.807, 2.05) is 12.4 Å². The number of anilines is 1. The summed E-state index contributed by atoms with van der Waals surface area (Å²) >= 11 is 0. The Morgan fingerprint density at radius 2 is 2.12 bits per heavy atom. The molecule has 0 spiro atoms. The van der Waals surface area contributed by atoms with Crippen molar-refractivity contribution >= 4 is 5.69 Å². The maximum absolute atomic E-state index is 5.83. The molecule has 1 aromatic heterocycles. The van der Waals surface area contributed by atoms with Crippen LogP contribution in [0.2, 0.25) is 0 Å². The summed E-state index contributed by atoms with van der Waals surface area (Å²) in [5, 5.41) is 0. The Kier molecular flexibility index (Phi) is 2.53. The topological polar surface area (TPSA) is 51.4 Å². The number of ether oxygens (including phenoxy) is 1. The van der Waals surface area contributed by atoms with Crippen LogP contribution in [0, 0.1) is 0 Å². The molecule has 2 saturated heterocycles. The van der Waals surface area contributed by atoms with E-state index in [-0.39, 0.29) is 0 Å². The molecule has 86 valence electrons. The smallest absolute Gasteiger partial charge is 0.0755 e. The van der Waals surface area contributed by atoms with E-state index in [0.717, 1.165) is 18.7 Å². The first-order valence-corrected chi connectivity index (χ1v) is 5.90. The largest absolute Gasteiger partial charge is 0.371 e. The summed E-state index contributed by atoms with van der Waals surface area (Å²) < 4.78 is 5.83. The molecule has 2 fully saturated rings. The molecule has 2 N–H and O–H groups in total. The first-order chi connectivity index (χ1) is 7.86. The Balaban J connectivity index is 1.86. The van der Waals surface area contributed by atoms with Gasteiger partial charge < -0.3 is 15.4 Å². The van der Waals surface area contributed by atoms with Crippen LogP contribution < -0.4 is 10.6 Å². The summed E-state index contributed by atoms with van der Waals surface area (Å²) in [7, 11) is 0. The molecule has 3 rings (SSSR count). The fourth-order valence-corrected chi connectivity index (χ4v) is 2.70. The Morgan fingerprint density at radius 3 is 2.81 bits per heavy atom. The monoisotopic (exact) mass is 219 g/mol. The van der Waals surface area contributed by atoms with E-state index >= 15 is 0 Å². The first-order valence-electron chi connectivity index (χ1n) is 5.90. The summed E-state index contributed by atoms with van der Waals surface area (Å²) in [4.78, 5) is 6.53. The Bertz CT molecular complexity index is 370. The lowest BCUT2D eigenvalue weighted by Gasteiger charge is -2.34. The van der Waals surface area contributed by atoms with Crippen molar-refractivity contribution < 1.29 is 4.74 Å². The highest BCUT2D eigenvalue weighted by molar-refractivity contribution is 5.53. The number of fused-ring (bicyclic) bond motifs is 2. The van der Waals surface area contributed by atoms with Gasteiger partial charge in [-0.3, -0.25) is 4.98 Å². The highest BCUT2D eigenvalue weighted by Crippen LogP contribution is 2.30. The van der Waals surface area contributed by atoms with Crippen molar-refractivity contribution in [3.63, 3.8) is 0 Å². The number of aromatic nitrogens is 1. The number of hydrogen-bond donors (Lipinski definition) is 1. The highest BCUT2D eigenvalue weighted by atomic mass is 16.5. The van der Waals surface area contributed by atoms with Crippen LogP contribution in [0.15, 0.2) is 18.5 Å². The highest BCUT2D eigenvalue weighted by Gasteiger charge is 2.34. The molecule has 2 bridgehead atoms. The summed E-state index contributed by atoms with van der Waals surface area (Å²) in [6.07, 6.45) is 6.93. The zero-order chi connectivity index (χ0) is 11.0. The number of morpholine rings is 1. The molecule has 3 heterocycles. The average molecular weight is 219 g/mol. The average Bonchev–Trinajstić information content (AvgIpc) is 2.68. The molecule has 4 nitrogen and oxygen atoms in total. The lowest BCUT2D eigenvalue weighted by molar-refractivity contribution is 0.0304. The zero-order valence-corrected chi connectivity index (χ0v) is 9.30. The molecule has 2 aliphatic rings. The molecular formula is C12H17N3O. The van der Waals surface area contributed by atoms with Gasteiger partial charge in [0.15, 0.2) is 0 Å². The molecule has 0 aliphatic carbocycles. The number of nitrogens with zero attached hydrogens (tertiary/aromatic N) is 2. The predicted octanol–water partition coefficient (Wildman–Crippen LogP) is 0.908. The minimum Gasteiger partial charge on any atom is -0.371 e. The van der Waals surface area contributed by atoms with Crippen LogP contribution in [0.25, 0.3) is 0 Å². The van der Waals surface area contributed by atoms with Gasteiger partial charge in [0.1, 0.15) is 0 Å². The van der Waals surface area contributed by atoms with Crippen molar-refractivity contribution in [3.05, 3.63) is 24.0 Å². The van der Waals surface area contributed by atoms with Crippen LogP contribution in [-0.2, 0) is 11.3 Å². The number of rotatable bonds is 2. The third-order valence-corrected chi connectivity index (χ3v) is 3.48. The molecule has 1 aromatic rings. The van der Waals surface area contributed by atoms with Crippen molar-refractivity contribution in [3.8, 4) is 0 Å². The quantitative estimate of drug-likeness (QED) is 0.803. The van der Waals surface area contributed by atoms with Crippen molar-refractivity contribution in [1.82, 2.24) is 4.98 Å². The third kappa shape index (κ3) is 1.68. The van der Waals surface area contributed by atoms with Crippen LogP contribution >= 0.6 is 0 Å². The lowest BCUT2D eigenvalue weighted by atomic mass is 10.2. The number of pyridine rings is 1. The fraction of sp³-hybridized carbons (Fsp3) is 0.583. The predicted molar refractivity (Wildman–Crippen MR) is 62.2 cm³/mol. The van der Waals surface area contributed by atoms with Gasteiger partial charge in [0.25, 0.3) is 0 Å². The van der Waals surface area contributed by atoms with Gasteiger partial charge in [-0.15, -0.1) is 0 Å². The van der Waals surface area contributed by atoms with Crippen LogP contribution in [0.5, 0.6) is 0 Å². The summed E-state index contributed by atoms with van der Waals surface area (Å²) in [5.74, 6) is 0. The van der Waals surface area contributed by atoms with Crippen molar-refractivity contribution in [2.24, 2.45) is 5.73 Å². The normalized spacial score (nSPS) is 28.4. The second kappa shape index (κ2) is 4.03. The van der Waals surface area contributed by atoms with Gasteiger partial charge in [-0.05, 0) is 18.9 Å². The van der Waals surface area contributed by atoms with Gasteiger partial charge in [0, 0.05) is 43.3 Å². The molecule has 2 aliphatic heterocycles. The Labute approximate surface area is 95.4 Å². The van der Waals surface area contributed by atoms with Crippen LogP contribution in [-0.4, -0.2) is 30.3 Å². The van der Waals surface area contributed by atoms with Crippen LogP contribution in [0.3, 0.4) is 0 Å². The van der Waals surface area contributed by atoms with Crippen molar-refractivity contribution in [2.45, 2.75) is 31.6 Å². The van der Waals surface area contributed by atoms with E-state index in [2.05, 4.69) is 16.0 Å². The second-order valence-corrected chi connectivity index (χ2v) is 4.57. The number of hydrogen-bond acceptors (Lipinski definition) is 4. The maximum atomic E-state index is 5.83. The molecule has 16 heavy (non-hydrogen) atoms. The summed E-state index contributed by atoms with van der Waals surface area (Å²) in [6, 6.07) is 2.06. The van der Waals surface area contributed by atoms with E-state index in [0.29, 0.717) is 18.8 Å². The van der Waals surface area contributed by atoms with Crippen molar-refractivity contribution in [1.29, 1.82) is 0 Å². The second-order valence-electron chi connectivity index (χ2n) is 4.57. The fourth-order valence-electron chi connectivity index (χ4n) is 2.70. The van der Waals surface area contributed by atoms with E-state index in [9.17, 15) is 0 Å². The number of nitrogens with two attached hydrogens (primary N) is 1. The SMILES string of the molecule is NCc1cnccc1N1CC2CCC(C1)O2. The minimum atomic E-state index is 0.414. The third-order valence-electron chi connectivity index (χ3n) is 3.48. The molecular weight excluding hydrogens is 202 g/mol.